The third-order valence-electron chi connectivity index (χ3n) is 5.93. The first-order chi connectivity index (χ1) is 10.2. The highest BCUT2D eigenvalue weighted by molar-refractivity contribution is 6.42. The Morgan fingerprint density at radius 2 is 1.43 bits per heavy atom. The van der Waals surface area contributed by atoms with Gasteiger partial charge in [-0.1, -0.05) is 31.9 Å². The van der Waals surface area contributed by atoms with Crippen molar-refractivity contribution in [1.82, 2.24) is 9.80 Å². The van der Waals surface area contributed by atoms with Gasteiger partial charge in [-0.05, 0) is 71.6 Å². The second-order valence-electron chi connectivity index (χ2n) is 7.24. The molecule has 2 aliphatic rings. The van der Waals surface area contributed by atoms with E-state index in [2.05, 4.69) is 42.3 Å². The first-order valence-electron chi connectivity index (χ1n) is 9.31. The van der Waals surface area contributed by atoms with Gasteiger partial charge in [0.15, 0.2) is 0 Å². The van der Waals surface area contributed by atoms with Crippen LogP contribution in [0.25, 0.3) is 0 Å². The van der Waals surface area contributed by atoms with Gasteiger partial charge >= 0.3 is 0 Å². The molecule has 0 radical (unpaired) electrons. The van der Waals surface area contributed by atoms with Crippen molar-refractivity contribution in [3.63, 3.8) is 0 Å². The van der Waals surface area contributed by atoms with E-state index >= 15 is 0 Å². The summed E-state index contributed by atoms with van der Waals surface area (Å²) in [7, 11) is -0.0210. The third kappa shape index (κ3) is 4.20. The molecular weight excluding hydrogens is 272 g/mol. The fourth-order valence-corrected chi connectivity index (χ4v) is 5.88. The van der Waals surface area contributed by atoms with E-state index in [0.717, 1.165) is 5.92 Å². The van der Waals surface area contributed by atoms with Crippen LogP contribution in [-0.2, 0) is 0 Å². The lowest BCUT2D eigenvalue weighted by molar-refractivity contribution is -0.0948. The van der Waals surface area contributed by atoms with Crippen molar-refractivity contribution in [3.05, 3.63) is 11.8 Å². The Morgan fingerprint density at radius 1 is 0.952 bits per heavy atom. The van der Waals surface area contributed by atoms with Crippen molar-refractivity contribution in [1.29, 1.82) is 0 Å². The van der Waals surface area contributed by atoms with Gasteiger partial charge in [0.05, 0.1) is 5.66 Å². The van der Waals surface area contributed by atoms with Gasteiger partial charge in [0.1, 0.15) is 0 Å². The zero-order valence-corrected chi connectivity index (χ0v) is 16.0. The number of nitrogens with zero attached hydrogens (tertiary/aromatic N) is 2. The van der Waals surface area contributed by atoms with Crippen LogP contribution in [-0.4, -0.2) is 51.2 Å². The van der Waals surface area contributed by atoms with E-state index in [-0.39, 0.29) is 9.52 Å². The van der Waals surface area contributed by atoms with Gasteiger partial charge in [0.2, 0.25) is 0 Å². The summed E-state index contributed by atoms with van der Waals surface area (Å²) < 4.78 is 0. The van der Waals surface area contributed by atoms with Crippen LogP contribution < -0.4 is 0 Å². The fourth-order valence-electron chi connectivity index (χ4n) is 4.30. The SMILES string of the molecule is C/C=C\[SiH2]CC(C)C(C)(N1CCCCC1)N1CCCCC1. The molecule has 1 unspecified atom stereocenters. The van der Waals surface area contributed by atoms with Crippen LogP contribution in [0.2, 0.25) is 6.04 Å². The molecule has 0 bridgehead atoms. The Kier molecular flexibility index (Phi) is 6.97. The highest BCUT2D eigenvalue weighted by atomic mass is 28.2. The average Bonchev–Trinajstić information content (AvgIpc) is 2.56. The average molecular weight is 309 g/mol. The molecule has 0 amide bonds. The molecule has 2 fully saturated rings. The van der Waals surface area contributed by atoms with Gasteiger partial charge in [-0.2, -0.15) is 0 Å². The maximum absolute atomic E-state index is 2.84. The van der Waals surface area contributed by atoms with E-state index in [4.69, 9.17) is 0 Å². The number of rotatable bonds is 6. The standard InChI is InChI=1S/C18H36N2Si/c1-4-15-21-16-17(2)18(3,19-11-7-5-8-12-19)20-13-9-6-10-14-20/h4,15,17H,5-14,16,21H2,1-3H3/b15-4-. The summed E-state index contributed by atoms with van der Waals surface area (Å²) in [6, 6.07) is 1.45. The first kappa shape index (κ1) is 17.2. The molecule has 2 nitrogen and oxygen atoms in total. The minimum atomic E-state index is -0.0210. The topological polar surface area (TPSA) is 6.48 Å². The summed E-state index contributed by atoms with van der Waals surface area (Å²) in [5.41, 5.74) is 2.79. The van der Waals surface area contributed by atoms with Crippen molar-refractivity contribution in [3.8, 4) is 0 Å². The fraction of sp³-hybridized carbons (Fsp3) is 0.889. The monoisotopic (exact) mass is 308 g/mol. The molecule has 122 valence electrons. The second-order valence-corrected chi connectivity index (χ2v) is 8.86. The lowest BCUT2D eigenvalue weighted by atomic mass is 9.89. The summed E-state index contributed by atoms with van der Waals surface area (Å²) in [5.74, 6) is 0.802. The molecule has 3 heteroatoms. The van der Waals surface area contributed by atoms with E-state index in [1.54, 1.807) is 0 Å². The Bertz CT molecular complexity index is 299. The second kappa shape index (κ2) is 8.49. The highest BCUT2D eigenvalue weighted by Gasteiger charge is 2.42. The predicted octanol–water partition coefficient (Wildman–Crippen LogP) is 3.43. The molecule has 1 atom stereocenters. The molecule has 0 saturated carbocycles. The minimum absolute atomic E-state index is 0.0210. The number of hydrogen-bond donors (Lipinski definition) is 0. The van der Waals surface area contributed by atoms with Crippen molar-refractivity contribution in [2.45, 2.75) is 71.0 Å². The summed E-state index contributed by atoms with van der Waals surface area (Å²) in [6.07, 6.45) is 10.8. The van der Waals surface area contributed by atoms with E-state index in [1.165, 1.54) is 70.7 Å². The summed E-state index contributed by atoms with van der Waals surface area (Å²) >= 11 is 0. The minimum Gasteiger partial charge on any atom is -0.285 e. The maximum Gasteiger partial charge on any atom is 0.0732 e. The molecule has 21 heavy (non-hydrogen) atoms. The van der Waals surface area contributed by atoms with Gasteiger partial charge in [-0.25, -0.2) is 0 Å². The smallest absolute Gasteiger partial charge is 0.0732 e. The Morgan fingerprint density at radius 3 is 1.86 bits per heavy atom. The number of hydrogen-bond acceptors (Lipinski definition) is 2. The van der Waals surface area contributed by atoms with E-state index in [9.17, 15) is 0 Å². The van der Waals surface area contributed by atoms with E-state index in [0.29, 0.717) is 5.66 Å². The molecule has 0 aromatic carbocycles. The summed E-state index contributed by atoms with van der Waals surface area (Å²) in [5, 5.41) is 0. The molecule has 2 saturated heterocycles. The van der Waals surface area contributed by atoms with Gasteiger partial charge in [0.25, 0.3) is 0 Å². The zero-order chi connectivity index (χ0) is 15.1. The van der Waals surface area contributed by atoms with E-state index in [1.807, 2.05) is 0 Å². The molecule has 2 rings (SSSR count). The van der Waals surface area contributed by atoms with Crippen LogP contribution in [0.5, 0.6) is 0 Å². The van der Waals surface area contributed by atoms with Crippen molar-refractivity contribution in [2.75, 3.05) is 26.2 Å². The molecule has 2 aliphatic heterocycles. The van der Waals surface area contributed by atoms with Gasteiger partial charge < -0.3 is 0 Å². The maximum atomic E-state index is 2.84. The zero-order valence-electron chi connectivity index (χ0n) is 14.6. The van der Waals surface area contributed by atoms with Gasteiger partial charge in [-0.15, -0.1) is 5.70 Å². The summed E-state index contributed by atoms with van der Waals surface area (Å²) in [6.45, 7) is 12.6. The predicted molar refractivity (Wildman–Crippen MR) is 96.6 cm³/mol. The quantitative estimate of drug-likeness (QED) is 0.694. The van der Waals surface area contributed by atoms with Crippen LogP contribution >= 0.6 is 0 Å². The summed E-state index contributed by atoms with van der Waals surface area (Å²) in [4.78, 5) is 5.69. The Balaban J connectivity index is 2.10. The van der Waals surface area contributed by atoms with Gasteiger partial charge in [0, 0.05) is 9.52 Å². The van der Waals surface area contributed by atoms with Crippen LogP contribution in [0.1, 0.15) is 59.3 Å². The molecule has 2 heterocycles. The number of piperidine rings is 2. The van der Waals surface area contributed by atoms with Crippen molar-refractivity contribution >= 4 is 9.52 Å². The van der Waals surface area contributed by atoms with Crippen LogP contribution in [0.15, 0.2) is 11.8 Å². The van der Waals surface area contributed by atoms with Gasteiger partial charge in [-0.3, -0.25) is 9.80 Å². The molecule has 0 aromatic heterocycles. The lowest BCUT2D eigenvalue weighted by Gasteiger charge is -2.55. The third-order valence-corrected chi connectivity index (χ3v) is 7.93. The molecule has 0 aromatic rings. The molecule has 0 spiro atoms. The Labute approximate surface area is 134 Å². The van der Waals surface area contributed by atoms with Crippen LogP contribution in [0, 0.1) is 5.92 Å². The normalized spacial score (nSPS) is 25.1. The number of allylic oxidation sites excluding steroid dienone is 1. The lowest BCUT2D eigenvalue weighted by Crippen LogP contribution is -2.64. The van der Waals surface area contributed by atoms with E-state index < -0.39 is 0 Å². The molecule has 0 N–H and O–H groups in total. The Hall–Kier alpha value is -0.123. The molecule has 0 aliphatic carbocycles. The molecular formula is C18H36N2Si. The van der Waals surface area contributed by atoms with Crippen LogP contribution in [0.4, 0.5) is 0 Å². The largest absolute Gasteiger partial charge is 0.285 e. The first-order valence-corrected chi connectivity index (χ1v) is 11.1. The highest BCUT2D eigenvalue weighted by Crippen LogP contribution is 2.35. The number of likely N-dealkylation sites (tertiary alicyclic amines) is 2. The van der Waals surface area contributed by atoms with Crippen molar-refractivity contribution in [2.24, 2.45) is 5.92 Å². The van der Waals surface area contributed by atoms with Crippen LogP contribution in [0.3, 0.4) is 0 Å². The van der Waals surface area contributed by atoms with Crippen molar-refractivity contribution < 1.29 is 0 Å².